The van der Waals surface area contributed by atoms with Gasteiger partial charge in [0.2, 0.25) is 0 Å². The van der Waals surface area contributed by atoms with Crippen molar-refractivity contribution in [2.45, 2.75) is 96.8 Å². The van der Waals surface area contributed by atoms with Crippen molar-refractivity contribution < 1.29 is 0 Å². The Morgan fingerprint density at radius 3 is 1.45 bits per heavy atom. The summed E-state index contributed by atoms with van der Waals surface area (Å²) in [7, 11) is 4.31. The van der Waals surface area contributed by atoms with E-state index in [1.807, 2.05) is 7.05 Å². The normalized spacial score (nSPS) is 11.5. The van der Waals surface area contributed by atoms with Crippen LogP contribution in [0.3, 0.4) is 0 Å². The molecule has 0 spiro atoms. The zero-order valence-electron chi connectivity index (χ0n) is 16.0. The second-order valence-corrected chi connectivity index (χ2v) is 7.00. The standard InChI is InChI=1S/C20H44N2/c1-4-5-6-7-8-9-10-11-12-13-14-16-19-22(3)20-17-15-18-21-2/h21H,4-20H2,1-3H3. The Bertz CT molecular complexity index is 194. The van der Waals surface area contributed by atoms with E-state index in [0.29, 0.717) is 0 Å². The molecule has 0 aromatic carbocycles. The van der Waals surface area contributed by atoms with Crippen LogP contribution in [0.4, 0.5) is 0 Å². The van der Waals surface area contributed by atoms with E-state index in [0.717, 1.165) is 6.54 Å². The predicted molar refractivity (Wildman–Crippen MR) is 102 cm³/mol. The minimum absolute atomic E-state index is 1.16. The molecular formula is C20H44N2. The molecule has 2 nitrogen and oxygen atoms in total. The van der Waals surface area contributed by atoms with Gasteiger partial charge in [0.15, 0.2) is 0 Å². The maximum Gasteiger partial charge on any atom is -0.00213 e. The summed E-state index contributed by atoms with van der Waals surface area (Å²) in [5.74, 6) is 0. The number of hydrogen-bond acceptors (Lipinski definition) is 2. The number of hydrogen-bond donors (Lipinski definition) is 1. The summed E-state index contributed by atoms with van der Waals surface area (Å²) in [6.45, 7) is 6.00. The summed E-state index contributed by atoms with van der Waals surface area (Å²) in [5.41, 5.74) is 0. The average molecular weight is 313 g/mol. The van der Waals surface area contributed by atoms with Crippen LogP contribution in [0.1, 0.15) is 96.8 Å². The molecule has 0 bridgehead atoms. The summed E-state index contributed by atoms with van der Waals surface area (Å²) in [5, 5.41) is 3.22. The van der Waals surface area contributed by atoms with Crippen molar-refractivity contribution in [1.29, 1.82) is 0 Å². The lowest BCUT2D eigenvalue weighted by Gasteiger charge is -2.16. The first-order valence-electron chi connectivity index (χ1n) is 10.1. The van der Waals surface area contributed by atoms with Crippen molar-refractivity contribution in [2.75, 3.05) is 33.7 Å². The van der Waals surface area contributed by atoms with Gasteiger partial charge in [0.25, 0.3) is 0 Å². The Morgan fingerprint density at radius 2 is 1.00 bits per heavy atom. The third-order valence-corrected chi connectivity index (χ3v) is 4.61. The molecule has 0 aliphatic heterocycles. The Balaban J connectivity index is 3.07. The molecule has 0 heterocycles. The first-order chi connectivity index (χ1) is 10.8. The number of nitrogens with one attached hydrogen (secondary N) is 1. The highest BCUT2D eigenvalue weighted by molar-refractivity contribution is 4.54. The molecule has 134 valence electrons. The van der Waals surface area contributed by atoms with Gasteiger partial charge >= 0.3 is 0 Å². The molecule has 0 aromatic heterocycles. The monoisotopic (exact) mass is 312 g/mol. The van der Waals surface area contributed by atoms with E-state index in [4.69, 9.17) is 0 Å². The second-order valence-electron chi connectivity index (χ2n) is 7.00. The van der Waals surface area contributed by atoms with E-state index >= 15 is 0 Å². The van der Waals surface area contributed by atoms with E-state index in [-0.39, 0.29) is 0 Å². The number of unbranched alkanes of at least 4 members (excludes halogenated alkanes) is 12. The van der Waals surface area contributed by atoms with Crippen molar-refractivity contribution in [1.82, 2.24) is 10.2 Å². The Labute approximate surface area is 141 Å². The van der Waals surface area contributed by atoms with Gasteiger partial charge in [-0.05, 0) is 53.0 Å². The van der Waals surface area contributed by atoms with E-state index in [1.165, 1.54) is 103 Å². The molecule has 0 aromatic rings. The highest BCUT2D eigenvalue weighted by Crippen LogP contribution is 2.12. The van der Waals surface area contributed by atoms with Gasteiger partial charge in [-0.1, -0.05) is 77.6 Å². The summed E-state index contributed by atoms with van der Waals surface area (Å²) in [6.07, 6.45) is 20.0. The molecule has 0 saturated heterocycles. The zero-order chi connectivity index (χ0) is 16.3. The van der Waals surface area contributed by atoms with Crippen LogP contribution in [0, 0.1) is 0 Å². The van der Waals surface area contributed by atoms with Gasteiger partial charge in [0.05, 0.1) is 0 Å². The molecule has 0 rings (SSSR count). The predicted octanol–water partition coefficient (Wildman–Crippen LogP) is 5.62. The van der Waals surface area contributed by atoms with Gasteiger partial charge in [0.1, 0.15) is 0 Å². The number of rotatable bonds is 18. The van der Waals surface area contributed by atoms with Crippen LogP contribution in [0.15, 0.2) is 0 Å². The van der Waals surface area contributed by atoms with Crippen LogP contribution < -0.4 is 5.32 Å². The summed E-state index contributed by atoms with van der Waals surface area (Å²) >= 11 is 0. The smallest absolute Gasteiger partial charge is 0.00213 e. The van der Waals surface area contributed by atoms with E-state index in [9.17, 15) is 0 Å². The fourth-order valence-electron chi connectivity index (χ4n) is 3.02. The molecule has 0 fully saturated rings. The van der Waals surface area contributed by atoms with E-state index < -0.39 is 0 Å². The van der Waals surface area contributed by atoms with Gasteiger partial charge in [0, 0.05) is 0 Å². The quantitative estimate of drug-likeness (QED) is 0.330. The molecular weight excluding hydrogens is 268 g/mol. The third kappa shape index (κ3) is 18.0. The molecule has 0 saturated carbocycles. The van der Waals surface area contributed by atoms with Gasteiger partial charge in [-0.3, -0.25) is 0 Å². The first-order valence-corrected chi connectivity index (χ1v) is 10.1. The molecule has 0 unspecified atom stereocenters. The molecule has 0 amide bonds. The number of nitrogens with zero attached hydrogens (tertiary/aromatic N) is 1. The molecule has 2 heteroatoms. The molecule has 0 aliphatic rings. The van der Waals surface area contributed by atoms with Gasteiger partial charge in [-0.15, -0.1) is 0 Å². The van der Waals surface area contributed by atoms with Crippen molar-refractivity contribution in [3.8, 4) is 0 Å². The van der Waals surface area contributed by atoms with Crippen molar-refractivity contribution in [3.05, 3.63) is 0 Å². The van der Waals surface area contributed by atoms with Gasteiger partial charge < -0.3 is 10.2 Å². The fraction of sp³-hybridized carbons (Fsp3) is 1.00. The van der Waals surface area contributed by atoms with E-state index in [2.05, 4.69) is 24.2 Å². The van der Waals surface area contributed by atoms with Crippen molar-refractivity contribution >= 4 is 0 Å². The fourth-order valence-corrected chi connectivity index (χ4v) is 3.02. The Kier molecular flexibility index (Phi) is 18.9. The summed E-state index contributed by atoms with van der Waals surface area (Å²) in [4.78, 5) is 2.51. The maximum absolute atomic E-state index is 3.22. The largest absolute Gasteiger partial charge is 0.320 e. The van der Waals surface area contributed by atoms with Crippen LogP contribution >= 0.6 is 0 Å². The van der Waals surface area contributed by atoms with Crippen LogP contribution in [0.5, 0.6) is 0 Å². The minimum Gasteiger partial charge on any atom is -0.320 e. The van der Waals surface area contributed by atoms with Crippen LogP contribution in [0.2, 0.25) is 0 Å². The SMILES string of the molecule is CCCCCCCCCCCCCCN(C)CCCCNC. The van der Waals surface area contributed by atoms with Crippen LogP contribution in [-0.4, -0.2) is 38.6 Å². The van der Waals surface area contributed by atoms with Crippen molar-refractivity contribution in [2.24, 2.45) is 0 Å². The first kappa shape index (κ1) is 21.9. The third-order valence-electron chi connectivity index (χ3n) is 4.61. The van der Waals surface area contributed by atoms with Crippen LogP contribution in [0.25, 0.3) is 0 Å². The Hall–Kier alpha value is -0.0800. The minimum atomic E-state index is 1.16. The lowest BCUT2D eigenvalue weighted by atomic mass is 10.1. The van der Waals surface area contributed by atoms with Crippen LogP contribution in [-0.2, 0) is 0 Å². The topological polar surface area (TPSA) is 15.3 Å². The highest BCUT2D eigenvalue weighted by Gasteiger charge is 1.98. The second kappa shape index (κ2) is 19.0. The molecule has 22 heavy (non-hydrogen) atoms. The van der Waals surface area contributed by atoms with Gasteiger partial charge in [-0.2, -0.15) is 0 Å². The van der Waals surface area contributed by atoms with Crippen molar-refractivity contribution in [3.63, 3.8) is 0 Å². The maximum atomic E-state index is 3.22. The average Bonchev–Trinajstić information content (AvgIpc) is 2.52. The zero-order valence-corrected chi connectivity index (χ0v) is 16.0. The summed E-state index contributed by atoms with van der Waals surface area (Å²) in [6, 6.07) is 0. The molecule has 0 aliphatic carbocycles. The van der Waals surface area contributed by atoms with Gasteiger partial charge in [-0.25, -0.2) is 0 Å². The highest BCUT2D eigenvalue weighted by atomic mass is 15.1. The lowest BCUT2D eigenvalue weighted by molar-refractivity contribution is 0.316. The molecule has 0 radical (unpaired) electrons. The molecule has 1 N–H and O–H groups in total. The molecule has 0 atom stereocenters. The lowest BCUT2D eigenvalue weighted by Crippen LogP contribution is -2.21. The van der Waals surface area contributed by atoms with E-state index in [1.54, 1.807) is 0 Å². The summed E-state index contributed by atoms with van der Waals surface area (Å²) < 4.78 is 0. The Morgan fingerprint density at radius 1 is 0.591 bits per heavy atom.